The minimum absolute atomic E-state index is 0.204. The molecule has 0 unspecified atom stereocenters. The predicted octanol–water partition coefficient (Wildman–Crippen LogP) is 5.29. The lowest BCUT2D eigenvalue weighted by Gasteiger charge is -2.32. The number of carbonyl (C=O) groups is 2. The van der Waals surface area contributed by atoms with E-state index >= 15 is 0 Å². The van der Waals surface area contributed by atoms with Crippen LogP contribution in [0.15, 0.2) is 54.6 Å². The van der Waals surface area contributed by atoms with Crippen LogP contribution in [-0.2, 0) is 11.3 Å². The second-order valence-electron chi connectivity index (χ2n) is 8.75. The van der Waals surface area contributed by atoms with Crippen molar-refractivity contribution in [2.75, 3.05) is 23.7 Å². The highest BCUT2D eigenvalue weighted by atomic mass is 19.1. The average molecular weight is 476 g/mol. The van der Waals surface area contributed by atoms with Gasteiger partial charge in [0.1, 0.15) is 5.82 Å². The van der Waals surface area contributed by atoms with Gasteiger partial charge in [0, 0.05) is 50.3 Å². The predicted molar refractivity (Wildman–Crippen MR) is 134 cm³/mol. The van der Waals surface area contributed by atoms with Gasteiger partial charge >= 0.3 is 0 Å². The first-order valence-electron chi connectivity index (χ1n) is 11.9. The highest BCUT2D eigenvalue weighted by molar-refractivity contribution is 5.97. The maximum Gasteiger partial charge on any atom is 0.222 e. The van der Waals surface area contributed by atoms with Gasteiger partial charge in [-0.3, -0.25) is 9.59 Å². The number of hydrogen-bond acceptors (Lipinski definition) is 6. The summed E-state index contributed by atoms with van der Waals surface area (Å²) in [6.07, 6.45) is 2.49. The van der Waals surface area contributed by atoms with E-state index in [0.29, 0.717) is 29.4 Å². The van der Waals surface area contributed by atoms with Gasteiger partial charge in [-0.2, -0.15) is 0 Å². The molecule has 1 aliphatic rings. The summed E-state index contributed by atoms with van der Waals surface area (Å²) in [4.78, 5) is 25.9. The Morgan fingerprint density at radius 1 is 1.06 bits per heavy atom. The Morgan fingerprint density at radius 2 is 1.77 bits per heavy atom. The van der Waals surface area contributed by atoms with Crippen molar-refractivity contribution < 1.29 is 14.0 Å². The van der Waals surface area contributed by atoms with Gasteiger partial charge < -0.3 is 15.5 Å². The molecule has 1 fully saturated rings. The Bertz CT molecular complexity index is 1190. The minimum Gasteiger partial charge on any atom is -0.379 e. The molecular formula is C27H30FN5O2. The summed E-state index contributed by atoms with van der Waals surface area (Å²) in [7, 11) is 0. The molecule has 3 aromatic rings. The number of rotatable bonds is 8. The highest BCUT2D eigenvalue weighted by Gasteiger charge is 2.23. The normalized spacial score (nSPS) is 14.0. The van der Waals surface area contributed by atoms with Gasteiger partial charge in [0.05, 0.1) is 5.69 Å². The second kappa shape index (κ2) is 11.1. The van der Waals surface area contributed by atoms with Gasteiger partial charge in [-0.15, -0.1) is 10.2 Å². The summed E-state index contributed by atoms with van der Waals surface area (Å²) in [6, 6.07) is 16.4. The molecule has 0 saturated carbocycles. The molecule has 0 radical (unpaired) electrons. The van der Waals surface area contributed by atoms with Gasteiger partial charge in [0.25, 0.3) is 0 Å². The van der Waals surface area contributed by atoms with E-state index in [1.54, 1.807) is 24.3 Å². The van der Waals surface area contributed by atoms with Crippen LogP contribution in [0.4, 0.5) is 21.6 Å². The average Bonchev–Trinajstić information content (AvgIpc) is 2.88. The Balaban J connectivity index is 1.42. The maximum atomic E-state index is 14.0. The summed E-state index contributed by atoms with van der Waals surface area (Å²) >= 11 is 0. The van der Waals surface area contributed by atoms with E-state index in [9.17, 15) is 14.0 Å². The van der Waals surface area contributed by atoms with E-state index < -0.39 is 0 Å². The molecule has 4 rings (SSSR count). The first kappa shape index (κ1) is 24.3. The first-order valence-corrected chi connectivity index (χ1v) is 11.9. The molecule has 1 aliphatic heterocycles. The topological polar surface area (TPSA) is 87.2 Å². The van der Waals surface area contributed by atoms with Crippen molar-refractivity contribution in [3.63, 3.8) is 0 Å². The van der Waals surface area contributed by atoms with E-state index in [-0.39, 0.29) is 29.7 Å². The fourth-order valence-electron chi connectivity index (χ4n) is 4.35. The third-order valence-corrected chi connectivity index (χ3v) is 6.36. The molecule has 35 heavy (non-hydrogen) atoms. The zero-order valence-corrected chi connectivity index (χ0v) is 20.1. The molecule has 1 amide bonds. The summed E-state index contributed by atoms with van der Waals surface area (Å²) in [5.74, 6) is 0.602. The number of hydrogen-bond donors (Lipinski definition) is 2. The number of carbonyl (C=O) groups excluding carboxylic acids is 2. The van der Waals surface area contributed by atoms with E-state index in [4.69, 9.17) is 0 Å². The van der Waals surface area contributed by atoms with Crippen LogP contribution in [0.1, 0.15) is 60.6 Å². The molecule has 0 aliphatic carbocycles. The number of benzene rings is 2. The van der Waals surface area contributed by atoms with E-state index in [1.165, 1.54) is 18.6 Å². The standard InChI is InChI=1S/C27H30FN5O2/c1-3-26(35)33-14-12-20(13-15-33)19-8-10-22(11-9-19)30-25-16-24(27(18(2)34)32-31-25)29-17-21-6-4-5-7-23(21)28/h4-11,16,20H,3,12-15,17H2,1-2H3,(H2,29,30,31). The molecule has 2 heterocycles. The van der Waals surface area contributed by atoms with Crippen LogP contribution in [0.25, 0.3) is 0 Å². The number of likely N-dealkylation sites (tertiary alicyclic amines) is 1. The van der Waals surface area contributed by atoms with Crippen LogP contribution in [0.5, 0.6) is 0 Å². The number of amides is 1. The van der Waals surface area contributed by atoms with E-state index in [1.807, 2.05) is 24.0 Å². The fourth-order valence-corrected chi connectivity index (χ4v) is 4.35. The van der Waals surface area contributed by atoms with E-state index in [2.05, 4.69) is 33.0 Å². The van der Waals surface area contributed by atoms with Gasteiger partial charge in [0.2, 0.25) is 5.91 Å². The molecule has 182 valence electrons. The molecule has 2 aromatic carbocycles. The Morgan fingerprint density at radius 3 is 2.43 bits per heavy atom. The number of nitrogens with zero attached hydrogens (tertiary/aromatic N) is 3. The SMILES string of the molecule is CCC(=O)N1CCC(c2ccc(Nc3cc(NCc4ccccc4F)c(C(C)=O)nn3)cc2)CC1. The van der Waals surface area contributed by atoms with Crippen molar-refractivity contribution in [1.82, 2.24) is 15.1 Å². The smallest absolute Gasteiger partial charge is 0.222 e. The van der Waals surface area contributed by atoms with Crippen LogP contribution in [0, 0.1) is 5.82 Å². The molecule has 2 N–H and O–H groups in total. The molecule has 0 atom stereocenters. The lowest BCUT2D eigenvalue weighted by atomic mass is 9.89. The first-order chi connectivity index (χ1) is 16.9. The summed E-state index contributed by atoms with van der Waals surface area (Å²) < 4.78 is 14.0. The second-order valence-corrected chi connectivity index (χ2v) is 8.75. The van der Waals surface area contributed by atoms with Gasteiger partial charge in [-0.05, 0) is 42.5 Å². The molecule has 0 bridgehead atoms. The lowest BCUT2D eigenvalue weighted by molar-refractivity contribution is -0.131. The third kappa shape index (κ3) is 6.01. The number of ketones is 1. The lowest BCUT2D eigenvalue weighted by Crippen LogP contribution is -2.37. The van der Waals surface area contributed by atoms with Gasteiger partial charge in [-0.25, -0.2) is 4.39 Å². The zero-order chi connectivity index (χ0) is 24.8. The van der Waals surface area contributed by atoms with E-state index in [0.717, 1.165) is 31.6 Å². The number of aromatic nitrogens is 2. The van der Waals surface area contributed by atoms with Crippen molar-refractivity contribution >= 4 is 28.9 Å². The summed E-state index contributed by atoms with van der Waals surface area (Å²) in [5.41, 5.74) is 3.29. The van der Waals surface area contributed by atoms with Crippen molar-refractivity contribution in [2.24, 2.45) is 0 Å². The third-order valence-electron chi connectivity index (χ3n) is 6.36. The summed E-state index contributed by atoms with van der Waals surface area (Å²) in [6.45, 7) is 5.15. The highest BCUT2D eigenvalue weighted by Crippen LogP contribution is 2.30. The Kier molecular flexibility index (Phi) is 7.70. The monoisotopic (exact) mass is 475 g/mol. The van der Waals surface area contributed by atoms with Crippen LogP contribution < -0.4 is 10.6 Å². The van der Waals surface area contributed by atoms with Gasteiger partial charge in [-0.1, -0.05) is 37.3 Å². The van der Waals surface area contributed by atoms with Gasteiger partial charge in [0.15, 0.2) is 17.3 Å². The summed E-state index contributed by atoms with van der Waals surface area (Å²) in [5, 5.41) is 14.6. The number of Topliss-reactive ketones (excluding diaryl/α,β-unsaturated/α-hetero) is 1. The quantitative estimate of drug-likeness (QED) is 0.431. The van der Waals surface area contributed by atoms with Crippen LogP contribution in [0.2, 0.25) is 0 Å². The molecule has 1 saturated heterocycles. The van der Waals surface area contributed by atoms with Crippen molar-refractivity contribution in [3.8, 4) is 0 Å². The Hall–Kier alpha value is -3.81. The molecule has 0 spiro atoms. The molecule has 7 nitrogen and oxygen atoms in total. The molecule has 1 aromatic heterocycles. The Labute approximate surface area is 204 Å². The number of piperidine rings is 1. The molecule has 8 heteroatoms. The minimum atomic E-state index is -0.313. The number of halogens is 1. The molecular weight excluding hydrogens is 445 g/mol. The largest absolute Gasteiger partial charge is 0.379 e. The van der Waals surface area contributed by atoms with Crippen LogP contribution in [0.3, 0.4) is 0 Å². The van der Waals surface area contributed by atoms with Crippen molar-refractivity contribution in [3.05, 3.63) is 77.2 Å². The van der Waals surface area contributed by atoms with Crippen LogP contribution in [-0.4, -0.2) is 39.9 Å². The number of anilines is 3. The zero-order valence-electron chi connectivity index (χ0n) is 20.1. The van der Waals surface area contributed by atoms with Crippen LogP contribution >= 0.6 is 0 Å². The number of nitrogens with one attached hydrogen (secondary N) is 2. The fraction of sp³-hybridized carbons (Fsp3) is 0.333. The maximum absolute atomic E-state index is 14.0. The van der Waals surface area contributed by atoms with Crippen molar-refractivity contribution in [1.29, 1.82) is 0 Å². The van der Waals surface area contributed by atoms with Crippen molar-refractivity contribution in [2.45, 2.75) is 45.6 Å².